The van der Waals surface area contributed by atoms with Crippen LogP contribution in [0.4, 0.5) is 0 Å². The summed E-state index contributed by atoms with van der Waals surface area (Å²) in [4.78, 5) is 25.2. The molecule has 0 amide bonds. The van der Waals surface area contributed by atoms with E-state index < -0.39 is 11.6 Å². The van der Waals surface area contributed by atoms with Crippen LogP contribution in [0.15, 0.2) is 23.0 Å². The number of rotatable bonds is 4. The van der Waals surface area contributed by atoms with Crippen molar-refractivity contribution in [1.82, 2.24) is 0 Å². The Balaban J connectivity index is 2.61. The summed E-state index contributed by atoms with van der Waals surface area (Å²) in [6, 6.07) is 0. The van der Waals surface area contributed by atoms with Crippen LogP contribution in [0, 0.1) is 11.3 Å². The van der Waals surface area contributed by atoms with E-state index in [4.69, 9.17) is 9.47 Å². The Kier molecular flexibility index (Phi) is 4.74. The van der Waals surface area contributed by atoms with Gasteiger partial charge in [0, 0.05) is 0 Å². The minimum atomic E-state index is -1.56. The first-order chi connectivity index (χ1) is 10.7. The first-order valence-electron chi connectivity index (χ1n) is 8.42. The number of carbonyl (C=O) groups excluding carboxylic acids is 2. The van der Waals surface area contributed by atoms with Crippen LogP contribution in [0.5, 0.6) is 0 Å². The van der Waals surface area contributed by atoms with Gasteiger partial charge < -0.3 is 9.47 Å². The van der Waals surface area contributed by atoms with Crippen molar-refractivity contribution in [2.45, 2.75) is 66.4 Å². The number of ether oxygens (including phenoxy) is 2. The highest BCUT2D eigenvalue weighted by atomic mass is 16.6. The smallest absolute Gasteiger partial charge is 0.359 e. The SMILES string of the molecule is CCOC(=O)C1(C(C)=O)OC(C)=CC1C1=C(C)CCCC1(C)C. The highest BCUT2D eigenvalue weighted by molar-refractivity contribution is 6.08. The van der Waals surface area contributed by atoms with E-state index in [1.54, 1.807) is 13.8 Å². The molecule has 4 nitrogen and oxygen atoms in total. The van der Waals surface area contributed by atoms with Gasteiger partial charge in [-0.05, 0) is 58.4 Å². The van der Waals surface area contributed by atoms with Crippen LogP contribution in [-0.2, 0) is 19.1 Å². The van der Waals surface area contributed by atoms with Crippen LogP contribution < -0.4 is 0 Å². The molecule has 0 bridgehead atoms. The molecule has 1 aliphatic heterocycles. The highest BCUT2D eigenvalue weighted by Gasteiger charge is 2.59. The van der Waals surface area contributed by atoms with E-state index in [0.717, 1.165) is 24.8 Å². The lowest BCUT2D eigenvalue weighted by Gasteiger charge is -2.41. The van der Waals surface area contributed by atoms with Crippen molar-refractivity contribution >= 4 is 11.8 Å². The highest BCUT2D eigenvalue weighted by Crippen LogP contribution is 2.51. The Bertz CT molecular complexity index is 582. The lowest BCUT2D eigenvalue weighted by molar-refractivity contribution is -0.172. The second-order valence-corrected chi connectivity index (χ2v) is 7.30. The van der Waals surface area contributed by atoms with Crippen LogP contribution in [0.1, 0.15) is 60.8 Å². The zero-order chi connectivity index (χ0) is 17.4. The lowest BCUT2D eigenvalue weighted by Crippen LogP contribution is -2.53. The molecule has 2 aliphatic rings. The first kappa shape index (κ1) is 17.8. The van der Waals surface area contributed by atoms with Gasteiger partial charge in [-0.3, -0.25) is 4.79 Å². The maximum absolute atomic E-state index is 12.7. The van der Waals surface area contributed by atoms with Crippen molar-refractivity contribution in [1.29, 1.82) is 0 Å². The van der Waals surface area contributed by atoms with Gasteiger partial charge in [-0.2, -0.15) is 0 Å². The van der Waals surface area contributed by atoms with Gasteiger partial charge in [0.15, 0.2) is 5.78 Å². The molecule has 1 aliphatic carbocycles. The number of carbonyl (C=O) groups is 2. The minimum absolute atomic E-state index is 0.0648. The van der Waals surface area contributed by atoms with Crippen LogP contribution in [0.25, 0.3) is 0 Å². The first-order valence-corrected chi connectivity index (χ1v) is 8.42. The largest absolute Gasteiger partial charge is 0.472 e. The average Bonchev–Trinajstić information content (AvgIpc) is 2.76. The molecule has 2 atom stereocenters. The third-order valence-electron chi connectivity index (χ3n) is 5.12. The van der Waals surface area contributed by atoms with Gasteiger partial charge in [-0.15, -0.1) is 0 Å². The fourth-order valence-electron chi connectivity index (χ4n) is 4.16. The second-order valence-electron chi connectivity index (χ2n) is 7.30. The Morgan fingerprint density at radius 3 is 2.52 bits per heavy atom. The number of hydrogen-bond acceptors (Lipinski definition) is 4. The quantitative estimate of drug-likeness (QED) is 0.447. The second kappa shape index (κ2) is 6.14. The topological polar surface area (TPSA) is 52.6 Å². The van der Waals surface area contributed by atoms with E-state index in [9.17, 15) is 9.59 Å². The molecule has 0 saturated heterocycles. The number of Topliss-reactive ketones (excluding diaryl/α,β-unsaturated/α-hetero) is 1. The molecule has 128 valence electrons. The van der Waals surface area contributed by atoms with Gasteiger partial charge in [-0.1, -0.05) is 25.0 Å². The average molecular weight is 320 g/mol. The molecule has 4 heteroatoms. The fourth-order valence-corrected chi connectivity index (χ4v) is 4.16. The minimum Gasteiger partial charge on any atom is -0.472 e. The van der Waals surface area contributed by atoms with Gasteiger partial charge in [0.2, 0.25) is 0 Å². The van der Waals surface area contributed by atoms with Crippen molar-refractivity contribution in [2.75, 3.05) is 6.61 Å². The van der Waals surface area contributed by atoms with E-state index >= 15 is 0 Å². The number of ketones is 1. The maximum atomic E-state index is 12.7. The molecular formula is C19H28O4. The fraction of sp³-hybridized carbons (Fsp3) is 0.684. The normalized spacial score (nSPS) is 29.8. The van der Waals surface area contributed by atoms with Crippen molar-refractivity contribution in [3.05, 3.63) is 23.0 Å². The predicted octanol–water partition coefficient (Wildman–Crippen LogP) is 3.95. The molecule has 0 radical (unpaired) electrons. The van der Waals surface area contributed by atoms with Gasteiger partial charge in [0.05, 0.1) is 18.3 Å². The van der Waals surface area contributed by atoms with E-state index in [1.807, 2.05) is 6.08 Å². The van der Waals surface area contributed by atoms with Crippen LogP contribution >= 0.6 is 0 Å². The summed E-state index contributed by atoms with van der Waals surface area (Å²) >= 11 is 0. The van der Waals surface area contributed by atoms with E-state index in [-0.39, 0.29) is 23.7 Å². The standard InChI is InChI=1S/C19H28O4/c1-7-22-17(21)19(14(4)20)15(11-13(3)23-19)16-12(2)9-8-10-18(16,5)6/h11,15H,7-10H2,1-6H3. The molecule has 0 aromatic carbocycles. The molecule has 2 rings (SSSR count). The zero-order valence-corrected chi connectivity index (χ0v) is 15.1. The van der Waals surface area contributed by atoms with Crippen LogP contribution in [0.3, 0.4) is 0 Å². The van der Waals surface area contributed by atoms with Gasteiger partial charge in [0.1, 0.15) is 0 Å². The predicted molar refractivity (Wildman–Crippen MR) is 88.7 cm³/mol. The monoisotopic (exact) mass is 320 g/mol. The molecule has 0 aromatic rings. The molecule has 0 N–H and O–H groups in total. The Labute approximate surface area is 138 Å². The number of esters is 1. The lowest BCUT2D eigenvalue weighted by atomic mass is 9.64. The van der Waals surface area contributed by atoms with E-state index in [2.05, 4.69) is 20.8 Å². The summed E-state index contributed by atoms with van der Waals surface area (Å²) in [6.07, 6.45) is 5.09. The third-order valence-corrected chi connectivity index (χ3v) is 5.12. The molecule has 23 heavy (non-hydrogen) atoms. The van der Waals surface area contributed by atoms with Gasteiger partial charge in [-0.25, -0.2) is 4.79 Å². The Hall–Kier alpha value is -1.58. The molecule has 1 heterocycles. The molecule has 2 unspecified atom stereocenters. The van der Waals surface area contributed by atoms with Gasteiger partial charge in [0.25, 0.3) is 5.60 Å². The third kappa shape index (κ3) is 2.84. The summed E-state index contributed by atoms with van der Waals surface area (Å²) in [6.45, 7) is 11.7. The number of allylic oxidation sites excluding steroid dienone is 2. The van der Waals surface area contributed by atoms with Crippen molar-refractivity contribution in [3.63, 3.8) is 0 Å². The van der Waals surface area contributed by atoms with Crippen LogP contribution in [-0.4, -0.2) is 24.0 Å². The maximum Gasteiger partial charge on any atom is 0.359 e. The molecule has 0 saturated carbocycles. The summed E-state index contributed by atoms with van der Waals surface area (Å²) in [5.74, 6) is -0.641. The zero-order valence-electron chi connectivity index (χ0n) is 15.1. The number of hydrogen-bond donors (Lipinski definition) is 0. The molecule has 0 spiro atoms. The Morgan fingerprint density at radius 2 is 2.00 bits per heavy atom. The van der Waals surface area contributed by atoms with Crippen LogP contribution in [0.2, 0.25) is 0 Å². The van der Waals surface area contributed by atoms with Gasteiger partial charge >= 0.3 is 5.97 Å². The molecule has 0 fully saturated rings. The summed E-state index contributed by atoms with van der Waals surface area (Å²) < 4.78 is 11.1. The molecular weight excluding hydrogens is 292 g/mol. The van der Waals surface area contributed by atoms with E-state index in [1.165, 1.54) is 12.5 Å². The summed E-state index contributed by atoms with van der Waals surface area (Å²) in [5.41, 5.74) is 0.787. The molecule has 0 aromatic heterocycles. The van der Waals surface area contributed by atoms with Crippen molar-refractivity contribution in [3.8, 4) is 0 Å². The van der Waals surface area contributed by atoms with E-state index in [0.29, 0.717) is 5.76 Å². The van der Waals surface area contributed by atoms with Crippen molar-refractivity contribution < 1.29 is 19.1 Å². The summed E-state index contributed by atoms with van der Waals surface area (Å²) in [5, 5.41) is 0. The van der Waals surface area contributed by atoms with Crippen molar-refractivity contribution in [2.24, 2.45) is 11.3 Å². The summed E-state index contributed by atoms with van der Waals surface area (Å²) in [7, 11) is 0. The Morgan fingerprint density at radius 1 is 1.35 bits per heavy atom.